The zero-order valence-corrected chi connectivity index (χ0v) is 7.47. The summed E-state index contributed by atoms with van der Waals surface area (Å²) in [6.45, 7) is 2.60. The highest BCUT2D eigenvalue weighted by Crippen LogP contribution is 2.24. The Hall–Kier alpha value is -0.530. The fraction of sp³-hybridized carbons (Fsp3) is 0.889. The van der Waals surface area contributed by atoms with Crippen LogP contribution in [0.1, 0.15) is 32.6 Å². The van der Waals surface area contributed by atoms with Gasteiger partial charge >= 0.3 is 0 Å². The minimum atomic E-state index is 0.192. The number of hydrogen-bond acceptors (Lipinski definition) is 1. The van der Waals surface area contributed by atoms with Crippen molar-refractivity contribution in [3.63, 3.8) is 0 Å². The van der Waals surface area contributed by atoms with E-state index in [-0.39, 0.29) is 5.91 Å². The maximum Gasteiger partial charge on any atom is 0.219 e. The molecule has 1 rings (SSSR count). The zero-order valence-electron chi connectivity index (χ0n) is 7.47. The van der Waals surface area contributed by atoms with E-state index in [4.69, 9.17) is 0 Å². The van der Waals surface area contributed by atoms with Gasteiger partial charge in [-0.05, 0) is 18.8 Å². The molecule has 0 bridgehead atoms. The molecule has 11 heavy (non-hydrogen) atoms. The molecule has 0 aromatic heterocycles. The minimum Gasteiger partial charge on any atom is -0.346 e. The van der Waals surface area contributed by atoms with Crippen molar-refractivity contribution in [3.05, 3.63) is 0 Å². The smallest absolute Gasteiger partial charge is 0.219 e. The van der Waals surface area contributed by atoms with Crippen LogP contribution in [0.3, 0.4) is 0 Å². The summed E-state index contributed by atoms with van der Waals surface area (Å²) in [6, 6.07) is 0. The first-order valence-electron chi connectivity index (χ1n) is 4.42. The van der Waals surface area contributed by atoms with E-state index in [0.717, 1.165) is 12.5 Å². The van der Waals surface area contributed by atoms with Crippen LogP contribution in [0, 0.1) is 5.92 Å². The Morgan fingerprint density at radius 1 is 1.45 bits per heavy atom. The lowest BCUT2D eigenvalue weighted by molar-refractivity contribution is -0.128. The van der Waals surface area contributed by atoms with E-state index < -0.39 is 0 Å². The number of hydrogen-bond donors (Lipinski definition) is 0. The van der Waals surface area contributed by atoms with E-state index in [2.05, 4.69) is 0 Å². The summed E-state index contributed by atoms with van der Waals surface area (Å²) in [5.74, 6) is 0.973. The molecule has 0 spiro atoms. The Bertz CT molecular complexity index is 138. The molecule has 2 nitrogen and oxygen atoms in total. The molecule has 1 aliphatic carbocycles. The SMILES string of the molecule is CC(=O)N(C)CC1CCCC1. The van der Waals surface area contributed by atoms with Gasteiger partial charge in [-0.25, -0.2) is 0 Å². The molecule has 0 aromatic rings. The van der Waals surface area contributed by atoms with E-state index in [1.807, 2.05) is 11.9 Å². The van der Waals surface area contributed by atoms with Gasteiger partial charge in [0.2, 0.25) is 5.91 Å². The molecule has 1 aliphatic rings. The molecule has 1 saturated carbocycles. The predicted octanol–water partition coefficient (Wildman–Crippen LogP) is 1.65. The summed E-state index contributed by atoms with van der Waals surface area (Å²) < 4.78 is 0. The average Bonchev–Trinajstić information content (AvgIpc) is 2.39. The third kappa shape index (κ3) is 2.52. The van der Waals surface area contributed by atoms with E-state index in [0.29, 0.717) is 0 Å². The first-order valence-corrected chi connectivity index (χ1v) is 4.42. The maximum absolute atomic E-state index is 10.9. The van der Waals surface area contributed by atoms with Crippen LogP contribution in [0.4, 0.5) is 0 Å². The molecule has 0 unspecified atom stereocenters. The predicted molar refractivity (Wildman–Crippen MR) is 45.3 cm³/mol. The molecule has 1 fully saturated rings. The lowest BCUT2D eigenvalue weighted by Gasteiger charge is -2.18. The van der Waals surface area contributed by atoms with Gasteiger partial charge in [-0.2, -0.15) is 0 Å². The quantitative estimate of drug-likeness (QED) is 0.594. The Balaban J connectivity index is 2.23. The summed E-state index contributed by atoms with van der Waals surface area (Å²) in [7, 11) is 1.89. The van der Waals surface area contributed by atoms with Gasteiger partial charge in [0.15, 0.2) is 0 Å². The monoisotopic (exact) mass is 155 g/mol. The third-order valence-electron chi connectivity index (χ3n) is 2.54. The van der Waals surface area contributed by atoms with Crippen molar-refractivity contribution in [1.82, 2.24) is 4.90 Å². The molecule has 1 amide bonds. The molecule has 0 N–H and O–H groups in total. The second-order valence-electron chi connectivity index (χ2n) is 3.55. The number of carbonyl (C=O) groups excluding carboxylic acids is 1. The summed E-state index contributed by atoms with van der Waals surface area (Å²) in [5.41, 5.74) is 0. The molecule has 0 atom stereocenters. The Labute approximate surface area is 68.6 Å². The van der Waals surface area contributed by atoms with Gasteiger partial charge < -0.3 is 4.90 Å². The number of amides is 1. The minimum absolute atomic E-state index is 0.192. The van der Waals surface area contributed by atoms with Crippen LogP contribution in [0.25, 0.3) is 0 Å². The van der Waals surface area contributed by atoms with Crippen LogP contribution >= 0.6 is 0 Å². The molecule has 0 radical (unpaired) electrons. The lowest BCUT2D eigenvalue weighted by Crippen LogP contribution is -2.28. The fourth-order valence-electron chi connectivity index (χ4n) is 1.71. The number of nitrogens with zero attached hydrogens (tertiary/aromatic N) is 1. The van der Waals surface area contributed by atoms with Gasteiger partial charge in [0.05, 0.1) is 0 Å². The molecule has 2 heteroatoms. The van der Waals surface area contributed by atoms with Crippen LogP contribution in [0.5, 0.6) is 0 Å². The Kier molecular flexibility index (Phi) is 2.92. The van der Waals surface area contributed by atoms with Crippen molar-refractivity contribution in [2.75, 3.05) is 13.6 Å². The van der Waals surface area contributed by atoms with Gasteiger partial charge in [0, 0.05) is 20.5 Å². The first-order chi connectivity index (χ1) is 5.20. The van der Waals surface area contributed by atoms with E-state index in [1.54, 1.807) is 6.92 Å². The largest absolute Gasteiger partial charge is 0.346 e. The molecule has 0 saturated heterocycles. The van der Waals surface area contributed by atoms with Crippen molar-refractivity contribution in [2.45, 2.75) is 32.6 Å². The van der Waals surface area contributed by atoms with Crippen molar-refractivity contribution in [2.24, 2.45) is 5.92 Å². The van der Waals surface area contributed by atoms with Crippen molar-refractivity contribution in [3.8, 4) is 0 Å². The molecule has 0 aliphatic heterocycles. The Morgan fingerprint density at radius 2 is 2.00 bits per heavy atom. The van der Waals surface area contributed by atoms with Gasteiger partial charge in [0.1, 0.15) is 0 Å². The van der Waals surface area contributed by atoms with Crippen LogP contribution in [0.2, 0.25) is 0 Å². The molecule has 64 valence electrons. The summed E-state index contributed by atoms with van der Waals surface area (Å²) in [4.78, 5) is 12.7. The van der Waals surface area contributed by atoms with Crippen molar-refractivity contribution < 1.29 is 4.79 Å². The van der Waals surface area contributed by atoms with E-state index in [1.165, 1.54) is 25.7 Å². The van der Waals surface area contributed by atoms with Gasteiger partial charge in [-0.1, -0.05) is 12.8 Å². The lowest BCUT2D eigenvalue weighted by atomic mass is 10.1. The van der Waals surface area contributed by atoms with Crippen LogP contribution in [-0.4, -0.2) is 24.4 Å². The topological polar surface area (TPSA) is 20.3 Å². The highest BCUT2D eigenvalue weighted by Gasteiger charge is 2.17. The van der Waals surface area contributed by atoms with Gasteiger partial charge in [-0.15, -0.1) is 0 Å². The second-order valence-corrected chi connectivity index (χ2v) is 3.55. The fourth-order valence-corrected chi connectivity index (χ4v) is 1.71. The molecule has 0 aromatic carbocycles. The van der Waals surface area contributed by atoms with Gasteiger partial charge in [0.25, 0.3) is 0 Å². The van der Waals surface area contributed by atoms with Crippen LogP contribution in [0.15, 0.2) is 0 Å². The van der Waals surface area contributed by atoms with Gasteiger partial charge in [-0.3, -0.25) is 4.79 Å². The highest BCUT2D eigenvalue weighted by molar-refractivity contribution is 5.72. The number of carbonyl (C=O) groups is 1. The Morgan fingerprint density at radius 3 is 2.45 bits per heavy atom. The second kappa shape index (κ2) is 3.74. The summed E-state index contributed by atoms with van der Waals surface area (Å²) in [5, 5.41) is 0. The van der Waals surface area contributed by atoms with Crippen molar-refractivity contribution >= 4 is 5.91 Å². The highest BCUT2D eigenvalue weighted by atomic mass is 16.2. The van der Waals surface area contributed by atoms with Crippen LogP contribution < -0.4 is 0 Å². The molecular weight excluding hydrogens is 138 g/mol. The van der Waals surface area contributed by atoms with E-state index >= 15 is 0 Å². The number of rotatable bonds is 2. The molecule has 0 heterocycles. The zero-order chi connectivity index (χ0) is 8.27. The van der Waals surface area contributed by atoms with Crippen molar-refractivity contribution in [1.29, 1.82) is 0 Å². The standard InChI is InChI=1S/C9H17NO/c1-8(11)10(2)7-9-5-3-4-6-9/h9H,3-7H2,1-2H3. The maximum atomic E-state index is 10.9. The average molecular weight is 155 g/mol. The summed E-state index contributed by atoms with van der Waals surface area (Å²) in [6.07, 6.45) is 5.35. The molecular formula is C9H17NO. The third-order valence-corrected chi connectivity index (χ3v) is 2.54. The van der Waals surface area contributed by atoms with Crippen LogP contribution in [-0.2, 0) is 4.79 Å². The first kappa shape index (κ1) is 8.57. The summed E-state index contributed by atoms with van der Waals surface area (Å²) >= 11 is 0. The van der Waals surface area contributed by atoms with E-state index in [9.17, 15) is 4.79 Å². The normalized spacial score (nSPS) is 18.7.